The third-order valence-electron chi connectivity index (χ3n) is 2.26. The Kier molecular flexibility index (Phi) is 4.73. The molecule has 17 heavy (non-hydrogen) atoms. The molecule has 0 aliphatic heterocycles. The number of nitrogens with one attached hydrogen (secondary N) is 1. The summed E-state index contributed by atoms with van der Waals surface area (Å²) < 4.78 is 0. The van der Waals surface area contributed by atoms with Crippen LogP contribution < -0.4 is 5.32 Å². The highest BCUT2D eigenvalue weighted by Gasteiger charge is 2.14. The molecule has 0 saturated carbocycles. The van der Waals surface area contributed by atoms with E-state index in [2.05, 4.69) is 10.3 Å². The number of nitrogens with zero attached hydrogens (tertiary/aromatic N) is 2. The van der Waals surface area contributed by atoms with Crippen LogP contribution in [0.2, 0.25) is 5.02 Å². The fourth-order valence-electron chi connectivity index (χ4n) is 1.33. The van der Waals surface area contributed by atoms with Crippen molar-refractivity contribution in [3.05, 3.63) is 22.8 Å². The Hall–Kier alpha value is -1.80. The Balaban J connectivity index is 2.87. The summed E-state index contributed by atoms with van der Waals surface area (Å²) in [4.78, 5) is 14.6. The molecule has 1 aromatic heterocycles. The molecule has 90 valence electrons. The van der Waals surface area contributed by atoms with Crippen LogP contribution in [0.5, 0.6) is 0 Å². The minimum atomic E-state index is -0.892. The summed E-state index contributed by atoms with van der Waals surface area (Å²) in [5.74, 6) is -0.546. The highest BCUT2D eigenvalue weighted by molar-refractivity contribution is 6.34. The maximum atomic E-state index is 10.6. The average Bonchev–Trinajstić information content (AvgIpc) is 2.30. The minimum absolute atomic E-state index is 0.0225. The van der Waals surface area contributed by atoms with E-state index in [1.54, 1.807) is 0 Å². The number of carboxylic acids is 1. The van der Waals surface area contributed by atoms with E-state index >= 15 is 0 Å². The summed E-state index contributed by atoms with van der Waals surface area (Å²) in [5, 5.41) is 20.7. The predicted octanol–water partition coefficient (Wildman–Crippen LogP) is 2.27. The SMILES string of the molecule is CCC(CC(=O)O)Nc1nccc(C#N)c1Cl. The molecule has 1 unspecified atom stereocenters. The van der Waals surface area contributed by atoms with Crippen LogP contribution in [0, 0.1) is 11.3 Å². The second kappa shape index (κ2) is 6.06. The molecule has 6 heteroatoms. The normalized spacial score (nSPS) is 11.6. The van der Waals surface area contributed by atoms with Crippen LogP contribution in [-0.2, 0) is 4.79 Å². The standard InChI is InChI=1S/C11H12ClN3O2/c1-2-8(5-9(16)17)15-11-10(12)7(6-13)3-4-14-11/h3-4,8H,2,5H2,1H3,(H,14,15)(H,16,17). The Morgan fingerprint density at radius 2 is 2.47 bits per heavy atom. The van der Waals surface area contributed by atoms with E-state index in [4.69, 9.17) is 22.0 Å². The third-order valence-corrected chi connectivity index (χ3v) is 2.65. The average molecular weight is 254 g/mol. The first-order valence-corrected chi connectivity index (χ1v) is 5.49. The maximum absolute atomic E-state index is 10.6. The molecule has 0 aromatic carbocycles. The zero-order chi connectivity index (χ0) is 12.8. The Bertz CT molecular complexity index is 457. The molecule has 1 rings (SSSR count). The number of carboxylic acid groups (broad SMARTS) is 1. The van der Waals surface area contributed by atoms with Gasteiger partial charge in [-0.2, -0.15) is 5.26 Å². The van der Waals surface area contributed by atoms with Gasteiger partial charge in [0.1, 0.15) is 16.9 Å². The zero-order valence-corrected chi connectivity index (χ0v) is 10.0. The Labute approximate surface area is 104 Å². The Morgan fingerprint density at radius 1 is 1.76 bits per heavy atom. The van der Waals surface area contributed by atoms with E-state index in [1.165, 1.54) is 12.3 Å². The van der Waals surface area contributed by atoms with E-state index in [0.717, 1.165) is 0 Å². The van der Waals surface area contributed by atoms with E-state index in [1.807, 2.05) is 13.0 Å². The van der Waals surface area contributed by atoms with Crippen molar-refractivity contribution < 1.29 is 9.90 Å². The van der Waals surface area contributed by atoms with Crippen molar-refractivity contribution in [2.24, 2.45) is 0 Å². The first kappa shape index (κ1) is 13.3. The van der Waals surface area contributed by atoms with Gasteiger partial charge in [-0.1, -0.05) is 18.5 Å². The summed E-state index contributed by atoms with van der Waals surface area (Å²) in [6.07, 6.45) is 2.06. The zero-order valence-electron chi connectivity index (χ0n) is 9.27. The molecule has 0 radical (unpaired) electrons. The topological polar surface area (TPSA) is 86.0 Å². The number of pyridine rings is 1. The third kappa shape index (κ3) is 3.61. The second-order valence-electron chi connectivity index (χ2n) is 3.48. The summed E-state index contributed by atoms with van der Waals surface area (Å²) in [5.41, 5.74) is 0.314. The van der Waals surface area contributed by atoms with Crippen LogP contribution in [0.15, 0.2) is 12.3 Å². The quantitative estimate of drug-likeness (QED) is 0.841. The summed E-state index contributed by atoms with van der Waals surface area (Å²) in [6, 6.07) is 3.19. The number of aliphatic carboxylic acids is 1. The lowest BCUT2D eigenvalue weighted by Crippen LogP contribution is -2.23. The van der Waals surface area contributed by atoms with Gasteiger partial charge in [0.25, 0.3) is 0 Å². The van der Waals surface area contributed by atoms with Crippen LogP contribution in [0.4, 0.5) is 5.82 Å². The maximum Gasteiger partial charge on any atom is 0.305 e. The number of nitriles is 1. The number of hydrogen-bond acceptors (Lipinski definition) is 4. The fourth-order valence-corrected chi connectivity index (χ4v) is 1.54. The largest absolute Gasteiger partial charge is 0.481 e. The lowest BCUT2D eigenvalue weighted by molar-refractivity contribution is -0.137. The van der Waals surface area contributed by atoms with Crippen molar-refractivity contribution in [1.82, 2.24) is 4.98 Å². The van der Waals surface area contributed by atoms with E-state index in [0.29, 0.717) is 17.8 Å². The predicted molar refractivity (Wildman–Crippen MR) is 63.9 cm³/mol. The van der Waals surface area contributed by atoms with Crippen LogP contribution in [0.25, 0.3) is 0 Å². The number of anilines is 1. The minimum Gasteiger partial charge on any atom is -0.481 e. The number of rotatable bonds is 5. The van der Waals surface area contributed by atoms with Gasteiger partial charge < -0.3 is 10.4 Å². The molecule has 0 fully saturated rings. The molecule has 0 spiro atoms. The van der Waals surface area contributed by atoms with Crippen LogP contribution >= 0.6 is 11.6 Å². The molecule has 1 atom stereocenters. The van der Waals surface area contributed by atoms with Crippen LogP contribution in [0.3, 0.4) is 0 Å². The molecule has 5 nitrogen and oxygen atoms in total. The van der Waals surface area contributed by atoms with Crippen molar-refractivity contribution in [2.75, 3.05) is 5.32 Å². The van der Waals surface area contributed by atoms with Gasteiger partial charge in [-0.05, 0) is 12.5 Å². The summed E-state index contributed by atoms with van der Waals surface area (Å²) in [7, 11) is 0. The van der Waals surface area contributed by atoms with Gasteiger partial charge in [0.2, 0.25) is 0 Å². The monoisotopic (exact) mass is 253 g/mol. The molecule has 1 aromatic rings. The first-order chi connectivity index (χ1) is 8.08. The van der Waals surface area contributed by atoms with Gasteiger partial charge in [-0.25, -0.2) is 4.98 Å². The van der Waals surface area contributed by atoms with Gasteiger partial charge in [0.15, 0.2) is 0 Å². The number of aromatic nitrogens is 1. The molecular formula is C11H12ClN3O2. The molecule has 0 aliphatic rings. The highest BCUT2D eigenvalue weighted by Crippen LogP contribution is 2.24. The number of halogens is 1. The molecule has 0 bridgehead atoms. The van der Waals surface area contributed by atoms with Crippen LogP contribution in [-0.4, -0.2) is 22.1 Å². The molecule has 0 amide bonds. The molecule has 0 saturated heterocycles. The Morgan fingerprint density at radius 3 is 3.00 bits per heavy atom. The van der Waals surface area contributed by atoms with Crippen molar-refractivity contribution in [1.29, 1.82) is 5.26 Å². The van der Waals surface area contributed by atoms with Gasteiger partial charge in [-0.3, -0.25) is 4.79 Å². The van der Waals surface area contributed by atoms with Gasteiger partial charge in [0, 0.05) is 12.2 Å². The molecular weight excluding hydrogens is 242 g/mol. The van der Waals surface area contributed by atoms with Crippen molar-refractivity contribution in [3.63, 3.8) is 0 Å². The number of carbonyl (C=O) groups is 1. The van der Waals surface area contributed by atoms with Gasteiger partial charge in [0.05, 0.1) is 12.0 Å². The lowest BCUT2D eigenvalue weighted by Gasteiger charge is -2.16. The van der Waals surface area contributed by atoms with Crippen molar-refractivity contribution >= 4 is 23.4 Å². The van der Waals surface area contributed by atoms with Gasteiger partial charge in [-0.15, -0.1) is 0 Å². The number of hydrogen-bond donors (Lipinski definition) is 2. The fraction of sp³-hybridized carbons (Fsp3) is 0.364. The second-order valence-corrected chi connectivity index (χ2v) is 3.86. The van der Waals surface area contributed by atoms with E-state index in [-0.39, 0.29) is 17.5 Å². The van der Waals surface area contributed by atoms with E-state index in [9.17, 15) is 4.79 Å². The van der Waals surface area contributed by atoms with E-state index < -0.39 is 5.97 Å². The summed E-state index contributed by atoms with van der Waals surface area (Å²) >= 11 is 5.95. The highest BCUT2D eigenvalue weighted by atomic mass is 35.5. The summed E-state index contributed by atoms with van der Waals surface area (Å²) in [6.45, 7) is 1.86. The molecule has 1 heterocycles. The molecule has 2 N–H and O–H groups in total. The van der Waals surface area contributed by atoms with Crippen molar-refractivity contribution in [3.8, 4) is 6.07 Å². The smallest absolute Gasteiger partial charge is 0.305 e. The lowest BCUT2D eigenvalue weighted by atomic mass is 10.1. The molecule has 0 aliphatic carbocycles. The van der Waals surface area contributed by atoms with Crippen molar-refractivity contribution in [2.45, 2.75) is 25.8 Å². The van der Waals surface area contributed by atoms with Crippen LogP contribution in [0.1, 0.15) is 25.3 Å². The first-order valence-electron chi connectivity index (χ1n) is 5.11. The van der Waals surface area contributed by atoms with Gasteiger partial charge >= 0.3 is 5.97 Å².